The minimum atomic E-state index is -0.518. The Kier molecular flexibility index (Phi) is 5.12. The zero-order valence-corrected chi connectivity index (χ0v) is 13.2. The van der Waals surface area contributed by atoms with Gasteiger partial charge in [0.25, 0.3) is 0 Å². The Morgan fingerprint density at radius 3 is 2.71 bits per heavy atom. The van der Waals surface area contributed by atoms with Crippen LogP contribution in [0.15, 0.2) is 53.5 Å². The van der Waals surface area contributed by atoms with E-state index in [1.807, 2.05) is 6.92 Å². The van der Waals surface area contributed by atoms with Gasteiger partial charge >= 0.3 is 0 Å². The van der Waals surface area contributed by atoms with E-state index in [-0.39, 0.29) is 17.2 Å². The number of benzene rings is 2. The number of ether oxygens (including phenoxy) is 1. The standard InChI is InChI=1S/C17H15BrF2O/c1-3-5-11(2)21-16-7-4-6-15(20)17(16)13-10-12(18)8-9-14(13)19/h3-4,6-11H,1,5H2,2H3. The Bertz CT molecular complexity index is 655. The lowest BCUT2D eigenvalue weighted by Gasteiger charge is -2.17. The van der Waals surface area contributed by atoms with E-state index in [2.05, 4.69) is 22.5 Å². The van der Waals surface area contributed by atoms with E-state index in [0.717, 1.165) is 0 Å². The number of rotatable bonds is 5. The monoisotopic (exact) mass is 352 g/mol. The summed E-state index contributed by atoms with van der Waals surface area (Å²) in [6.45, 7) is 5.50. The summed E-state index contributed by atoms with van der Waals surface area (Å²) in [6.07, 6.45) is 2.18. The van der Waals surface area contributed by atoms with Gasteiger partial charge in [0.1, 0.15) is 17.4 Å². The van der Waals surface area contributed by atoms with Gasteiger partial charge in [-0.3, -0.25) is 0 Å². The van der Waals surface area contributed by atoms with E-state index in [0.29, 0.717) is 16.6 Å². The average Bonchev–Trinajstić information content (AvgIpc) is 2.42. The molecule has 110 valence electrons. The van der Waals surface area contributed by atoms with Crippen molar-refractivity contribution in [2.24, 2.45) is 0 Å². The van der Waals surface area contributed by atoms with Gasteiger partial charge in [0.15, 0.2) is 0 Å². The average molecular weight is 353 g/mol. The molecule has 1 atom stereocenters. The highest BCUT2D eigenvalue weighted by molar-refractivity contribution is 9.10. The molecule has 2 aromatic rings. The number of hydrogen-bond acceptors (Lipinski definition) is 1. The zero-order chi connectivity index (χ0) is 15.4. The molecular formula is C17H15BrF2O. The Labute approximate surface area is 131 Å². The van der Waals surface area contributed by atoms with Crippen LogP contribution in [0.3, 0.4) is 0 Å². The topological polar surface area (TPSA) is 9.23 Å². The molecule has 0 saturated carbocycles. The zero-order valence-electron chi connectivity index (χ0n) is 11.6. The number of hydrogen-bond donors (Lipinski definition) is 0. The molecule has 0 aliphatic heterocycles. The quantitative estimate of drug-likeness (QED) is 0.623. The molecule has 21 heavy (non-hydrogen) atoms. The molecule has 0 heterocycles. The molecule has 0 aromatic heterocycles. The van der Waals surface area contributed by atoms with Crippen LogP contribution in [0.5, 0.6) is 5.75 Å². The van der Waals surface area contributed by atoms with Crippen molar-refractivity contribution in [3.05, 3.63) is 65.2 Å². The normalized spacial score (nSPS) is 12.0. The van der Waals surface area contributed by atoms with E-state index in [4.69, 9.17) is 4.74 Å². The van der Waals surface area contributed by atoms with Crippen LogP contribution in [0.1, 0.15) is 13.3 Å². The van der Waals surface area contributed by atoms with Gasteiger partial charge in [-0.05, 0) is 37.3 Å². The van der Waals surface area contributed by atoms with E-state index in [1.54, 1.807) is 30.3 Å². The highest BCUT2D eigenvalue weighted by Crippen LogP contribution is 2.36. The maximum absolute atomic E-state index is 14.2. The molecule has 0 radical (unpaired) electrons. The van der Waals surface area contributed by atoms with Crippen molar-refractivity contribution in [2.75, 3.05) is 0 Å². The third kappa shape index (κ3) is 3.70. The van der Waals surface area contributed by atoms with Crippen LogP contribution >= 0.6 is 15.9 Å². The summed E-state index contributed by atoms with van der Waals surface area (Å²) in [5.74, 6) is -0.693. The maximum Gasteiger partial charge on any atom is 0.134 e. The Morgan fingerprint density at radius 1 is 1.24 bits per heavy atom. The van der Waals surface area contributed by atoms with Gasteiger partial charge in [-0.1, -0.05) is 28.1 Å². The fraction of sp³-hybridized carbons (Fsp3) is 0.176. The van der Waals surface area contributed by atoms with Crippen molar-refractivity contribution in [1.82, 2.24) is 0 Å². The highest BCUT2D eigenvalue weighted by atomic mass is 79.9. The molecule has 0 amide bonds. The van der Waals surface area contributed by atoms with E-state index >= 15 is 0 Å². The molecule has 1 nitrogen and oxygen atoms in total. The van der Waals surface area contributed by atoms with E-state index in [1.165, 1.54) is 12.1 Å². The van der Waals surface area contributed by atoms with Gasteiger partial charge < -0.3 is 4.74 Å². The molecule has 0 aliphatic rings. The first-order valence-corrected chi connectivity index (χ1v) is 7.33. The summed E-state index contributed by atoms with van der Waals surface area (Å²) >= 11 is 3.28. The van der Waals surface area contributed by atoms with Crippen LogP contribution in [0, 0.1) is 11.6 Å². The molecular weight excluding hydrogens is 338 g/mol. The van der Waals surface area contributed by atoms with Crippen LogP contribution in [-0.4, -0.2) is 6.10 Å². The molecule has 0 fully saturated rings. The second kappa shape index (κ2) is 6.85. The largest absolute Gasteiger partial charge is 0.490 e. The predicted octanol–water partition coefficient (Wildman–Crippen LogP) is 5.74. The lowest BCUT2D eigenvalue weighted by atomic mass is 10.0. The van der Waals surface area contributed by atoms with Gasteiger partial charge in [-0.25, -0.2) is 8.78 Å². The summed E-state index contributed by atoms with van der Waals surface area (Å²) in [4.78, 5) is 0. The van der Waals surface area contributed by atoms with Crippen molar-refractivity contribution in [2.45, 2.75) is 19.4 Å². The van der Waals surface area contributed by atoms with Gasteiger partial charge in [-0.15, -0.1) is 6.58 Å². The van der Waals surface area contributed by atoms with Gasteiger partial charge in [-0.2, -0.15) is 0 Å². The van der Waals surface area contributed by atoms with Crippen LogP contribution in [0.4, 0.5) is 8.78 Å². The second-order valence-electron chi connectivity index (χ2n) is 4.69. The molecule has 0 aliphatic carbocycles. The fourth-order valence-electron chi connectivity index (χ4n) is 2.05. The fourth-order valence-corrected chi connectivity index (χ4v) is 2.41. The van der Waals surface area contributed by atoms with E-state index in [9.17, 15) is 8.78 Å². The second-order valence-corrected chi connectivity index (χ2v) is 5.61. The van der Waals surface area contributed by atoms with Crippen LogP contribution in [-0.2, 0) is 0 Å². The number of halogens is 3. The van der Waals surface area contributed by atoms with Crippen molar-refractivity contribution < 1.29 is 13.5 Å². The predicted molar refractivity (Wildman–Crippen MR) is 84.4 cm³/mol. The molecule has 4 heteroatoms. The molecule has 0 spiro atoms. The summed E-state index contributed by atoms with van der Waals surface area (Å²) in [6, 6.07) is 8.88. The first-order valence-electron chi connectivity index (χ1n) is 6.54. The van der Waals surface area contributed by atoms with Gasteiger partial charge in [0.05, 0.1) is 11.7 Å². The van der Waals surface area contributed by atoms with Crippen LogP contribution in [0.2, 0.25) is 0 Å². The van der Waals surface area contributed by atoms with Crippen molar-refractivity contribution >= 4 is 15.9 Å². The molecule has 2 rings (SSSR count). The van der Waals surface area contributed by atoms with E-state index < -0.39 is 11.6 Å². The molecule has 0 bridgehead atoms. The molecule has 0 N–H and O–H groups in total. The third-order valence-electron chi connectivity index (χ3n) is 3.00. The lowest BCUT2D eigenvalue weighted by molar-refractivity contribution is 0.225. The highest BCUT2D eigenvalue weighted by Gasteiger charge is 2.17. The van der Waals surface area contributed by atoms with Crippen molar-refractivity contribution in [1.29, 1.82) is 0 Å². The lowest BCUT2D eigenvalue weighted by Crippen LogP contribution is -2.11. The van der Waals surface area contributed by atoms with Crippen LogP contribution in [0.25, 0.3) is 11.1 Å². The van der Waals surface area contributed by atoms with Gasteiger partial charge in [0, 0.05) is 16.5 Å². The minimum Gasteiger partial charge on any atom is -0.490 e. The molecule has 2 aromatic carbocycles. The summed E-state index contributed by atoms with van der Waals surface area (Å²) < 4.78 is 34.6. The van der Waals surface area contributed by atoms with Crippen molar-refractivity contribution in [3.63, 3.8) is 0 Å². The maximum atomic E-state index is 14.2. The summed E-state index contributed by atoms with van der Waals surface area (Å²) in [7, 11) is 0. The Balaban J connectivity index is 2.51. The van der Waals surface area contributed by atoms with Crippen LogP contribution < -0.4 is 4.74 Å². The third-order valence-corrected chi connectivity index (χ3v) is 3.49. The molecule has 0 saturated heterocycles. The van der Waals surface area contributed by atoms with Gasteiger partial charge in [0.2, 0.25) is 0 Å². The first-order chi connectivity index (χ1) is 10.0. The Morgan fingerprint density at radius 2 is 2.00 bits per heavy atom. The minimum absolute atomic E-state index is 0.132. The first kappa shape index (κ1) is 15.7. The molecule has 1 unspecified atom stereocenters. The SMILES string of the molecule is C=CCC(C)Oc1cccc(F)c1-c1cc(Br)ccc1F. The summed E-state index contributed by atoms with van der Waals surface area (Å²) in [5, 5.41) is 0. The van der Waals surface area contributed by atoms with Crippen molar-refractivity contribution in [3.8, 4) is 16.9 Å². The smallest absolute Gasteiger partial charge is 0.134 e. The summed E-state index contributed by atoms with van der Waals surface area (Å²) in [5.41, 5.74) is 0.301. The Hall–Kier alpha value is -1.68.